The maximum absolute atomic E-state index is 13.2. The first-order valence-corrected chi connectivity index (χ1v) is 16.0. The van der Waals surface area contributed by atoms with Crippen LogP contribution < -0.4 is 20.9 Å². The van der Waals surface area contributed by atoms with Crippen LogP contribution in [-0.2, 0) is 0 Å². The first-order valence-electron chi connectivity index (χ1n) is 16.0. The molecule has 1 heterocycles. The maximum Gasteiger partial charge on any atom is 0.430 e. The smallest absolute Gasteiger partial charge is 0.430 e. The van der Waals surface area contributed by atoms with Gasteiger partial charge in [0.05, 0.1) is 41.6 Å². The molecule has 0 aliphatic rings. The summed E-state index contributed by atoms with van der Waals surface area (Å²) in [6, 6.07) is 8.64. The summed E-state index contributed by atoms with van der Waals surface area (Å²) in [5.41, 5.74) is 10.5. The normalized spacial score (nSPS) is 12.3. The van der Waals surface area contributed by atoms with E-state index < -0.39 is 17.6 Å². The topological polar surface area (TPSA) is 131 Å². The highest BCUT2D eigenvalue weighted by Crippen LogP contribution is 2.39. The molecule has 0 bridgehead atoms. The minimum atomic E-state index is -4.80. The number of ether oxygens (including phenoxy) is 2. The number of nitrogens with one attached hydrogen (secondary N) is 2. The molecule has 0 aliphatic heterocycles. The molecule has 1 aromatic carbocycles. The third kappa shape index (κ3) is 13.4. The number of pyridine rings is 1. The Hall–Kier alpha value is -3.82. The molecule has 1 aromatic heterocycles. The molecular formula is C35H50F3N5O2. The van der Waals surface area contributed by atoms with Crippen LogP contribution >= 0.6 is 0 Å². The summed E-state index contributed by atoms with van der Waals surface area (Å²) in [5, 5.41) is 16.9. The second kappa shape index (κ2) is 19.5. The summed E-state index contributed by atoms with van der Waals surface area (Å²) >= 11 is 0. The van der Waals surface area contributed by atoms with Crippen LogP contribution in [0.2, 0.25) is 0 Å². The quantitative estimate of drug-likeness (QED) is 0.0807. The molecule has 0 amide bonds. The zero-order valence-electron chi connectivity index (χ0n) is 27.0. The van der Waals surface area contributed by atoms with Crippen molar-refractivity contribution in [1.29, 1.82) is 10.8 Å². The predicted molar refractivity (Wildman–Crippen MR) is 177 cm³/mol. The summed E-state index contributed by atoms with van der Waals surface area (Å²) in [4.78, 5) is 4.33. The Balaban J connectivity index is 2.53. The molecule has 0 saturated heterocycles. The minimum Gasteiger partial charge on any atom is -0.493 e. The molecular weight excluding hydrogens is 579 g/mol. The monoisotopic (exact) mass is 629 g/mol. The summed E-state index contributed by atoms with van der Waals surface area (Å²) in [5.74, 6) is 1.09. The SMILES string of the molecule is CCCCCCCCOc1cccc(OCCCCCCCC)c1-c1cc(C(=N)C=C(C)N)nc(C(=N)C=C(N)C(F)(F)F)c1. The number of benzene rings is 1. The molecule has 10 heteroatoms. The molecule has 2 rings (SSSR count). The molecule has 7 nitrogen and oxygen atoms in total. The van der Waals surface area contributed by atoms with Crippen LogP contribution in [0.25, 0.3) is 11.1 Å². The predicted octanol–water partition coefficient (Wildman–Crippen LogP) is 9.23. The lowest BCUT2D eigenvalue weighted by Crippen LogP contribution is -2.21. The lowest BCUT2D eigenvalue weighted by Gasteiger charge is -2.18. The van der Waals surface area contributed by atoms with Gasteiger partial charge in [-0.05, 0) is 61.7 Å². The fraction of sp³-hybridized carbons (Fsp3) is 0.514. The Morgan fingerprint density at radius 3 is 1.64 bits per heavy atom. The lowest BCUT2D eigenvalue weighted by atomic mass is 9.99. The average molecular weight is 630 g/mol. The van der Waals surface area contributed by atoms with E-state index in [1.807, 2.05) is 18.2 Å². The van der Waals surface area contributed by atoms with Gasteiger partial charge < -0.3 is 20.9 Å². The van der Waals surface area contributed by atoms with E-state index in [0.29, 0.717) is 47.6 Å². The van der Waals surface area contributed by atoms with Crippen molar-refractivity contribution in [2.75, 3.05) is 13.2 Å². The number of nitrogens with zero attached hydrogens (tertiary/aromatic N) is 1. The standard InChI is InChI=1S/C35H50F3N5O2/c1-4-6-8-10-12-14-19-44-31-17-16-18-32(45-20-15-13-11-9-7-5-2)34(31)26-22-29(27(40)21-25(3)39)43-30(23-26)28(41)24-33(42)35(36,37)38/h16-18,21-24,40-41H,4-15,19-20,39,42H2,1-3H3. The second-order valence-corrected chi connectivity index (χ2v) is 11.3. The number of alkyl halides is 3. The van der Waals surface area contributed by atoms with E-state index in [9.17, 15) is 13.2 Å². The number of aromatic nitrogens is 1. The zero-order chi connectivity index (χ0) is 33.2. The van der Waals surface area contributed by atoms with Crippen LogP contribution in [0.15, 0.2) is 53.9 Å². The van der Waals surface area contributed by atoms with Crippen molar-refractivity contribution in [2.24, 2.45) is 11.5 Å². The molecule has 6 N–H and O–H groups in total. The van der Waals surface area contributed by atoms with Gasteiger partial charge in [-0.1, -0.05) is 84.1 Å². The summed E-state index contributed by atoms with van der Waals surface area (Å²) in [7, 11) is 0. The Morgan fingerprint density at radius 1 is 0.756 bits per heavy atom. The van der Waals surface area contributed by atoms with Crippen molar-refractivity contribution in [2.45, 2.75) is 104 Å². The Bertz CT molecular complexity index is 1260. The Kier molecular flexibility index (Phi) is 16.2. The second-order valence-electron chi connectivity index (χ2n) is 11.3. The van der Waals surface area contributed by atoms with Crippen LogP contribution in [-0.4, -0.2) is 35.8 Å². The number of unbranched alkanes of at least 4 members (excludes halogenated alkanes) is 10. The van der Waals surface area contributed by atoms with E-state index in [-0.39, 0.29) is 17.1 Å². The molecule has 0 fully saturated rings. The van der Waals surface area contributed by atoms with Gasteiger partial charge in [0, 0.05) is 5.70 Å². The third-order valence-electron chi connectivity index (χ3n) is 7.16. The van der Waals surface area contributed by atoms with Gasteiger partial charge in [0.2, 0.25) is 0 Å². The molecule has 248 valence electrons. The molecule has 2 aromatic rings. The number of hydrogen-bond acceptors (Lipinski definition) is 7. The van der Waals surface area contributed by atoms with E-state index in [2.05, 4.69) is 18.8 Å². The van der Waals surface area contributed by atoms with Crippen LogP contribution in [0.3, 0.4) is 0 Å². The summed E-state index contributed by atoms with van der Waals surface area (Å²) < 4.78 is 52.1. The lowest BCUT2D eigenvalue weighted by molar-refractivity contribution is -0.0925. The van der Waals surface area contributed by atoms with E-state index in [1.54, 1.807) is 13.0 Å². The molecule has 0 radical (unpaired) electrons. The molecule has 0 aliphatic carbocycles. The fourth-order valence-electron chi connectivity index (χ4n) is 4.73. The zero-order valence-corrected chi connectivity index (χ0v) is 27.0. The summed E-state index contributed by atoms with van der Waals surface area (Å²) in [6.07, 6.45) is 10.4. The van der Waals surface area contributed by atoms with E-state index >= 15 is 0 Å². The van der Waals surface area contributed by atoms with Gasteiger partial charge in [-0.15, -0.1) is 0 Å². The number of halogens is 3. The van der Waals surface area contributed by atoms with Gasteiger partial charge in [0.15, 0.2) is 0 Å². The van der Waals surface area contributed by atoms with Gasteiger partial charge in [0.25, 0.3) is 0 Å². The van der Waals surface area contributed by atoms with Crippen LogP contribution in [0.5, 0.6) is 11.5 Å². The number of allylic oxidation sites excluding steroid dienone is 4. The largest absolute Gasteiger partial charge is 0.493 e. The van der Waals surface area contributed by atoms with Crippen molar-refractivity contribution >= 4 is 11.4 Å². The highest BCUT2D eigenvalue weighted by atomic mass is 19.4. The highest BCUT2D eigenvalue weighted by molar-refractivity contribution is 6.10. The van der Waals surface area contributed by atoms with Crippen LogP contribution in [0, 0.1) is 10.8 Å². The van der Waals surface area contributed by atoms with Crippen molar-refractivity contribution in [3.05, 3.63) is 65.3 Å². The van der Waals surface area contributed by atoms with Gasteiger partial charge in [-0.25, -0.2) is 4.98 Å². The van der Waals surface area contributed by atoms with Crippen LogP contribution in [0.4, 0.5) is 13.2 Å². The van der Waals surface area contributed by atoms with Gasteiger partial charge in [0.1, 0.15) is 17.2 Å². The first kappa shape index (κ1) is 37.4. The average Bonchev–Trinajstić information content (AvgIpc) is 2.99. The molecule has 0 unspecified atom stereocenters. The number of rotatable bonds is 21. The molecule has 0 spiro atoms. The Morgan fingerprint density at radius 2 is 1.20 bits per heavy atom. The molecule has 0 atom stereocenters. The van der Waals surface area contributed by atoms with Gasteiger partial charge in [-0.2, -0.15) is 13.2 Å². The van der Waals surface area contributed by atoms with Crippen molar-refractivity contribution < 1.29 is 22.6 Å². The number of nitrogens with two attached hydrogens (primary N) is 2. The first-order chi connectivity index (χ1) is 21.5. The van der Waals surface area contributed by atoms with Crippen molar-refractivity contribution in [3.8, 4) is 22.6 Å². The molecule has 45 heavy (non-hydrogen) atoms. The van der Waals surface area contributed by atoms with Gasteiger partial charge in [-0.3, -0.25) is 10.8 Å². The maximum atomic E-state index is 13.2. The minimum absolute atomic E-state index is 0.0568. The van der Waals surface area contributed by atoms with Crippen LogP contribution in [0.1, 0.15) is 109 Å². The molecule has 0 saturated carbocycles. The fourth-order valence-corrected chi connectivity index (χ4v) is 4.73. The van der Waals surface area contributed by atoms with E-state index in [0.717, 1.165) is 38.5 Å². The van der Waals surface area contributed by atoms with E-state index in [4.69, 9.17) is 31.8 Å². The van der Waals surface area contributed by atoms with Gasteiger partial charge >= 0.3 is 6.18 Å². The van der Waals surface area contributed by atoms with Crippen molar-refractivity contribution in [1.82, 2.24) is 4.98 Å². The Labute approximate surface area is 266 Å². The highest BCUT2D eigenvalue weighted by Gasteiger charge is 2.32. The number of hydrogen-bond donors (Lipinski definition) is 4. The summed E-state index contributed by atoms with van der Waals surface area (Å²) in [6.45, 7) is 6.94. The third-order valence-corrected chi connectivity index (χ3v) is 7.16. The van der Waals surface area contributed by atoms with E-state index in [1.165, 1.54) is 50.7 Å². The van der Waals surface area contributed by atoms with Crippen molar-refractivity contribution in [3.63, 3.8) is 0 Å².